The van der Waals surface area contributed by atoms with Crippen LogP contribution in [0.25, 0.3) is 16.5 Å². The van der Waals surface area contributed by atoms with Crippen molar-refractivity contribution in [3.8, 4) is 0 Å². The van der Waals surface area contributed by atoms with Crippen molar-refractivity contribution in [3.05, 3.63) is 41.3 Å². The first-order valence-electron chi connectivity index (χ1n) is 9.62. The maximum atomic E-state index is 14.5. The number of carbonyl (C=O) groups is 1. The molecule has 0 bridgehead atoms. The lowest BCUT2D eigenvalue weighted by Crippen LogP contribution is -2.49. The number of amides is 1. The second-order valence-corrected chi connectivity index (χ2v) is 7.19. The Bertz CT molecular complexity index is 881. The largest absolute Gasteiger partial charge is 0.343 e. The van der Waals surface area contributed by atoms with Crippen molar-refractivity contribution in [1.29, 1.82) is 0 Å². The molecule has 2 aromatic rings. The number of hydrogen-bond acceptors (Lipinski definition) is 2. The Balaban J connectivity index is 1.84. The zero-order chi connectivity index (χ0) is 18.4. The minimum absolute atomic E-state index is 0.137. The van der Waals surface area contributed by atoms with Gasteiger partial charge in [0, 0.05) is 42.1 Å². The summed E-state index contributed by atoms with van der Waals surface area (Å²) in [6, 6.07) is 6.09. The van der Waals surface area contributed by atoms with Gasteiger partial charge in [-0.1, -0.05) is 25.1 Å². The van der Waals surface area contributed by atoms with Gasteiger partial charge in [0.1, 0.15) is 0 Å². The molecular formula is C21H26FN3O. The average Bonchev–Trinajstić information content (AvgIpc) is 2.99. The van der Waals surface area contributed by atoms with E-state index in [-0.39, 0.29) is 23.8 Å². The smallest absolute Gasteiger partial charge is 0.230 e. The molecule has 1 amide bonds. The zero-order valence-corrected chi connectivity index (χ0v) is 15.7. The van der Waals surface area contributed by atoms with Gasteiger partial charge in [-0.05, 0) is 44.0 Å². The molecule has 1 N–H and O–H groups in total. The number of fused-ring (bicyclic) bond motifs is 2. The summed E-state index contributed by atoms with van der Waals surface area (Å²) in [6.45, 7) is 9.17. The number of H-pyrrole nitrogens is 1. The Kier molecular flexibility index (Phi) is 4.35. The van der Waals surface area contributed by atoms with Crippen LogP contribution < -0.4 is 0 Å². The maximum absolute atomic E-state index is 14.5. The van der Waals surface area contributed by atoms with E-state index in [2.05, 4.69) is 29.0 Å². The van der Waals surface area contributed by atoms with Gasteiger partial charge in [-0.3, -0.25) is 9.69 Å². The van der Waals surface area contributed by atoms with Gasteiger partial charge in [-0.2, -0.15) is 4.39 Å². The fourth-order valence-electron chi connectivity index (χ4n) is 4.64. The molecule has 138 valence electrons. The standard InChI is InChI=1S/C21H26FN3O/c1-4-24(5-2)21(26)13-10-15-14-8-7-9-17-19(14)16(20(22)23-17)11-18(15)25(6-3)12-13/h7-10,13,18,23H,4-6,11-12H2,1-3H3/t13-,18-/m1/s1. The fourth-order valence-corrected chi connectivity index (χ4v) is 4.64. The van der Waals surface area contributed by atoms with Gasteiger partial charge in [0.15, 0.2) is 5.95 Å². The molecule has 4 rings (SSSR count). The molecule has 0 spiro atoms. The van der Waals surface area contributed by atoms with Gasteiger partial charge in [-0.25, -0.2) is 0 Å². The van der Waals surface area contributed by atoms with Crippen molar-refractivity contribution in [3.63, 3.8) is 0 Å². The van der Waals surface area contributed by atoms with E-state index >= 15 is 0 Å². The van der Waals surface area contributed by atoms with E-state index in [0.29, 0.717) is 13.0 Å². The van der Waals surface area contributed by atoms with E-state index in [1.54, 1.807) is 0 Å². The van der Waals surface area contributed by atoms with Crippen LogP contribution in [-0.2, 0) is 11.2 Å². The number of aromatic nitrogens is 1. The van der Waals surface area contributed by atoms with Crippen LogP contribution in [0.4, 0.5) is 4.39 Å². The second-order valence-electron chi connectivity index (χ2n) is 7.19. The SMILES string of the molecule is CCN(CC)C(=O)[C@@H]1C=C2c3cccc4[nH]c(F)c(c34)C[C@H]2N(CC)C1. The highest BCUT2D eigenvalue weighted by Gasteiger charge is 2.38. The third kappa shape index (κ3) is 2.49. The van der Waals surface area contributed by atoms with Gasteiger partial charge in [0.25, 0.3) is 0 Å². The Morgan fingerprint density at radius 1 is 1.31 bits per heavy atom. The lowest BCUT2D eigenvalue weighted by Gasteiger charge is -2.41. The fraction of sp³-hybridized carbons (Fsp3) is 0.476. The monoisotopic (exact) mass is 355 g/mol. The number of nitrogens with zero attached hydrogens (tertiary/aromatic N) is 2. The predicted octanol–water partition coefficient (Wildman–Crippen LogP) is 3.44. The van der Waals surface area contributed by atoms with Gasteiger partial charge >= 0.3 is 0 Å². The van der Waals surface area contributed by atoms with Crippen LogP contribution in [0.1, 0.15) is 31.9 Å². The van der Waals surface area contributed by atoms with E-state index in [0.717, 1.165) is 41.7 Å². The molecule has 1 aliphatic heterocycles. The summed E-state index contributed by atoms with van der Waals surface area (Å²) in [5, 5.41) is 0.986. The number of hydrogen-bond donors (Lipinski definition) is 1. The summed E-state index contributed by atoms with van der Waals surface area (Å²) in [4.78, 5) is 20.1. The molecule has 1 aliphatic carbocycles. The molecular weight excluding hydrogens is 329 g/mol. The van der Waals surface area contributed by atoms with E-state index in [1.807, 2.05) is 30.9 Å². The topological polar surface area (TPSA) is 39.3 Å². The first-order chi connectivity index (χ1) is 12.6. The molecule has 1 aromatic heterocycles. The summed E-state index contributed by atoms with van der Waals surface area (Å²) < 4.78 is 14.5. The van der Waals surface area contributed by atoms with Crippen LogP contribution in [0.15, 0.2) is 24.3 Å². The third-order valence-corrected chi connectivity index (χ3v) is 5.99. The van der Waals surface area contributed by atoms with E-state index in [4.69, 9.17) is 0 Å². The number of carbonyl (C=O) groups excluding carboxylic acids is 1. The number of aromatic amines is 1. The van der Waals surface area contributed by atoms with E-state index in [1.165, 1.54) is 5.57 Å². The van der Waals surface area contributed by atoms with Crippen LogP contribution in [0, 0.1) is 11.9 Å². The summed E-state index contributed by atoms with van der Waals surface area (Å²) >= 11 is 0. The molecule has 0 fully saturated rings. The van der Waals surface area contributed by atoms with Gasteiger partial charge in [0.05, 0.1) is 5.92 Å². The zero-order valence-electron chi connectivity index (χ0n) is 15.7. The van der Waals surface area contributed by atoms with Crippen molar-refractivity contribution in [2.24, 2.45) is 5.92 Å². The number of benzene rings is 1. The highest BCUT2D eigenvalue weighted by molar-refractivity contribution is 5.99. The van der Waals surface area contributed by atoms with E-state index in [9.17, 15) is 9.18 Å². The molecule has 5 heteroatoms. The highest BCUT2D eigenvalue weighted by Crippen LogP contribution is 2.42. The first kappa shape index (κ1) is 17.3. The van der Waals surface area contributed by atoms with Crippen molar-refractivity contribution in [1.82, 2.24) is 14.8 Å². The van der Waals surface area contributed by atoms with Crippen LogP contribution in [0.3, 0.4) is 0 Å². The van der Waals surface area contributed by atoms with Crippen molar-refractivity contribution < 1.29 is 9.18 Å². The first-order valence-corrected chi connectivity index (χ1v) is 9.62. The summed E-state index contributed by atoms with van der Waals surface area (Å²) in [5.41, 5.74) is 3.88. The van der Waals surface area contributed by atoms with Crippen molar-refractivity contribution in [2.45, 2.75) is 33.2 Å². The molecule has 4 nitrogen and oxygen atoms in total. The Morgan fingerprint density at radius 3 is 2.77 bits per heavy atom. The minimum Gasteiger partial charge on any atom is -0.343 e. The molecule has 0 unspecified atom stereocenters. The minimum atomic E-state index is -0.219. The molecule has 26 heavy (non-hydrogen) atoms. The molecule has 2 aliphatic rings. The normalized spacial score (nSPS) is 22.2. The Labute approximate surface area is 153 Å². The Morgan fingerprint density at radius 2 is 2.08 bits per heavy atom. The molecule has 0 saturated carbocycles. The van der Waals surface area contributed by atoms with Crippen LogP contribution >= 0.6 is 0 Å². The second kappa shape index (κ2) is 6.54. The summed E-state index contributed by atoms with van der Waals surface area (Å²) in [7, 11) is 0. The maximum Gasteiger partial charge on any atom is 0.230 e. The Hall–Kier alpha value is -2.14. The average molecular weight is 355 g/mol. The molecule has 2 heterocycles. The number of rotatable bonds is 4. The van der Waals surface area contributed by atoms with Gasteiger partial charge in [-0.15, -0.1) is 0 Å². The number of nitrogens with one attached hydrogen (secondary N) is 1. The quantitative estimate of drug-likeness (QED) is 0.913. The van der Waals surface area contributed by atoms with Crippen LogP contribution in [0.2, 0.25) is 0 Å². The lowest BCUT2D eigenvalue weighted by molar-refractivity contribution is -0.134. The third-order valence-electron chi connectivity index (χ3n) is 5.99. The lowest BCUT2D eigenvalue weighted by atomic mass is 9.79. The van der Waals surface area contributed by atoms with Crippen molar-refractivity contribution in [2.75, 3.05) is 26.2 Å². The van der Waals surface area contributed by atoms with Crippen LogP contribution in [-0.4, -0.2) is 52.9 Å². The van der Waals surface area contributed by atoms with Crippen LogP contribution in [0.5, 0.6) is 0 Å². The summed E-state index contributed by atoms with van der Waals surface area (Å²) in [5.74, 6) is -0.164. The molecule has 0 radical (unpaired) electrons. The summed E-state index contributed by atoms with van der Waals surface area (Å²) in [6.07, 6.45) is 2.81. The van der Waals surface area contributed by atoms with Gasteiger partial charge in [0.2, 0.25) is 5.91 Å². The van der Waals surface area contributed by atoms with Gasteiger partial charge < -0.3 is 9.88 Å². The van der Waals surface area contributed by atoms with E-state index < -0.39 is 0 Å². The highest BCUT2D eigenvalue weighted by atomic mass is 19.1. The molecule has 2 atom stereocenters. The molecule has 0 saturated heterocycles. The van der Waals surface area contributed by atoms with Crippen molar-refractivity contribution >= 4 is 22.4 Å². The number of halogens is 1. The predicted molar refractivity (Wildman–Crippen MR) is 102 cm³/mol. The molecule has 1 aromatic carbocycles. The number of likely N-dealkylation sites (N-methyl/N-ethyl adjacent to an activating group) is 1.